The summed E-state index contributed by atoms with van der Waals surface area (Å²) >= 11 is 0. The van der Waals surface area contributed by atoms with Crippen LogP contribution in [0.3, 0.4) is 0 Å². The number of piperidine rings is 1. The summed E-state index contributed by atoms with van der Waals surface area (Å²) in [5.41, 5.74) is 0. The summed E-state index contributed by atoms with van der Waals surface area (Å²) in [6.45, 7) is 4.58. The molecule has 3 amide bonds. The highest BCUT2D eigenvalue weighted by molar-refractivity contribution is 5.96. The van der Waals surface area contributed by atoms with Gasteiger partial charge < -0.3 is 10.6 Å². The van der Waals surface area contributed by atoms with Gasteiger partial charge >= 0.3 is 6.03 Å². The number of nitrogens with one attached hydrogen (secondary N) is 2. The lowest BCUT2D eigenvalue weighted by Crippen LogP contribution is -2.48. The Morgan fingerprint density at radius 1 is 1.20 bits per heavy atom. The van der Waals surface area contributed by atoms with Crippen LogP contribution in [0.2, 0.25) is 0 Å². The molecule has 3 saturated heterocycles. The minimum atomic E-state index is -0.235. The van der Waals surface area contributed by atoms with Crippen molar-refractivity contribution in [3.63, 3.8) is 0 Å². The van der Waals surface area contributed by atoms with Gasteiger partial charge in [0, 0.05) is 25.7 Å². The molecule has 20 heavy (non-hydrogen) atoms. The number of carbonyl (C=O) groups excluding carboxylic acids is 2. The Morgan fingerprint density at radius 2 is 2.10 bits per heavy atom. The third kappa shape index (κ3) is 2.96. The summed E-state index contributed by atoms with van der Waals surface area (Å²) in [6, 6.07) is 0.393. The molecule has 2 unspecified atom stereocenters. The third-order valence-electron chi connectivity index (χ3n) is 4.73. The molecule has 3 fully saturated rings. The van der Waals surface area contributed by atoms with Gasteiger partial charge in [-0.05, 0) is 44.7 Å². The van der Waals surface area contributed by atoms with Gasteiger partial charge in [0.1, 0.15) is 0 Å². The van der Waals surface area contributed by atoms with Crippen molar-refractivity contribution in [1.82, 2.24) is 20.4 Å². The molecular weight excluding hydrogens is 256 g/mol. The van der Waals surface area contributed by atoms with Crippen LogP contribution in [0.15, 0.2) is 0 Å². The highest BCUT2D eigenvalue weighted by Gasteiger charge is 2.32. The van der Waals surface area contributed by atoms with Crippen LogP contribution in [-0.4, -0.2) is 67.0 Å². The first-order valence-electron chi connectivity index (χ1n) is 7.78. The standard InChI is InChI=1S/C14H24N4O2/c19-13(18-8-6-16-14(18)20)10-17-7-2-3-11(9-17)12-4-1-5-15-12/h11-12,15H,1-10H2,(H,16,20). The van der Waals surface area contributed by atoms with Crippen molar-refractivity contribution in [3.8, 4) is 0 Å². The molecule has 3 heterocycles. The van der Waals surface area contributed by atoms with Crippen molar-refractivity contribution in [1.29, 1.82) is 0 Å². The Bertz CT molecular complexity index is 381. The average Bonchev–Trinajstić information content (AvgIpc) is 3.09. The largest absolute Gasteiger partial charge is 0.336 e. The number of rotatable bonds is 3. The van der Waals surface area contributed by atoms with Crippen molar-refractivity contribution in [2.45, 2.75) is 31.7 Å². The second-order valence-electron chi connectivity index (χ2n) is 6.12. The van der Waals surface area contributed by atoms with Crippen LogP contribution < -0.4 is 10.6 Å². The summed E-state index contributed by atoms with van der Waals surface area (Å²) in [7, 11) is 0. The lowest BCUT2D eigenvalue weighted by atomic mass is 9.90. The smallest absolute Gasteiger partial charge is 0.324 e. The van der Waals surface area contributed by atoms with Gasteiger partial charge in [0.05, 0.1) is 6.54 Å². The monoisotopic (exact) mass is 280 g/mol. The van der Waals surface area contributed by atoms with Crippen LogP contribution in [0.1, 0.15) is 25.7 Å². The number of urea groups is 1. The summed E-state index contributed by atoms with van der Waals surface area (Å²) in [4.78, 5) is 27.2. The Labute approximate surface area is 119 Å². The Hall–Kier alpha value is -1.14. The predicted octanol–water partition coefficient (Wildman–Crippen LogP) is 0.00220. The van der Waals surface area contributed by atoms with Crippen LogP contribution >= 0.6 is 0 Å². The number of nitrogens with zero attached hydrogens (tertiary/aromatic N) is 2. The molecule has 2 N–H and O–H groups in total. The maximum atomic E-state index is 12.2. The van der Waals surface area contributed by atoms with Crippen LogP contribution in [0.5, 0.6) is 0 Å². The van der Waals surface area contributed by atoms with Crippen LogP contribution in [0.4, 0.5) is 4.79 Å². The van der Waals surface area contributed by atoms with Crippen molar-refractivity contribution in [2.24, 2.45) is 5.92 Å². The van der Waals surface area contributed by atoms with Crippen molar-refractivity contribution < 1.29 is 9.59 Å². The Kier molecular flexibility index (Phi) is 4.21. The van der Waals surface area contributed by atoms with Gasteiger partial charge in [0.25, 0.3) is 0 Å². The van der Waals surface area contributed by atoms with Gasteiger partial charge in [0.2, 0.25) is 5.91 Å². The zero-order chi connectivity index (χ0) is 13.9. The number of amides is 3. The fourth-order valence-electron chi connectivity index (χ4n) is 3.66. The van der Waals surface area contributed by atoms with Crippen LogP contribution in [-0.2, 0) is 4.79 Å². The van der Waals surface area contributed by atoms with Crippen LogP contribution in [0.25, 0.3) is 0 Å². The summed E-state index contributed by atoms with van der Waals surface area (Å²) in [6.07, 6.45) is 4.95. The average molecular weight is 280 g/mol. The van der Waals surface area contributed by atoms with E-state index in [1.165, 1.54) is 24.2 Å². The molecule has 0 aromatic heterocycles. The highest BCUT2D eigenvalue weighted by Crippen LogP contribution is 2.24. The highest BCUT2D eigenvalue weighted by atomic mass is 16.2. The second kappa shape index (κ2) is 6.10. The molecule has 0 bridgehead atoms. The number of imide groups is 1. The minimum absolute atomic E-state index is 0.0555. The van der Waals surface area contributed by atoms with E-state index in [-0.39, 0.29) is 11.9 Å². The number of likely N-dealkylation sites (tertiary alicyclic amines) is 1. The van der Waals surface area contributed by atoms with Gasteiger partial charge in [-0.1, -0.05) is 0 Å². The molecule has 112 valence electrons. The van der Waals surface area contributed by atoms with Gasteiger partial charge in [-0.15, -0.1) is 0 Å². The fourth-order valence-corrected chi connectivity index (χ4v) is 3.66. The van der Waals surface area contributed by atoms with E-state index in [0.29, 0.717) is 31.6 Å². The first-order valence-corrected chi connectivity index (χ1v) is 7.78. The minimum Gasteiger partial charge on any atom is -0.336 e. The normalized spacial score (nSPS) is 31.6. The lowest BCUT2D eigenvalue weighted by molar-refractivity contribution is -0.129. The first-order chi connectivity index (χ1) is 9.74. The Morgan fingerprint density at radius 3 is 2.80 bits per heavy atom. The summed E-state index contributed by atoms with van der Waals surface area (Å²) in [5, 5.41) is 6.26. The van der Waals surface area contributed by atoms with Crippen molar-refractivity contribution in [3.05, 3.63) is 0 Å². The first kappa shape index (κ1) is 13.8. The SMILES string of the molecule is O=C(CN1CCCC(C2CCCN2)C1)N1CCNC1=O. The molecule has 6 nitrogen and oxygen atoms in total. The second-order valence-corrected chi connectivity index (χ2v) is 6.12. The number of hydrogen-bond acceptors (Lipinski definition) is 4. The quantitative estimate of drug-likeness (QED) is 0.764. The van der Waals surface area contributed by atoms with Gasteiger partial charge in [-0.25, -0.2) is 4.79 Å². The number of carbonyl (C=O) groups is 2. The van der Waals surface area contributed by atoms with Crippen molar-refractivity contribution in [2.75, 3.05) is 39.3 Å². The van der Waals surface area contributed by atoms with Crippen molar-refractivity contribution >= 4 is 11.9 Å². The third-order valence-corrected chi connectivity index (χ3v) is 4.73. The van der Waals surface area contributed by atoms with E-state index in [2.05, 4.69) is 15.5 Å². The summed E-state index contributed by atoms with van der Waals surface area (Å²) < 4.78 is 0. The van der Waals surface area contributed by atoms with Gasteiger partial charge in [-0.2, -0.15) is 0 Å². The van der Waals surface area contributed by atoms with Crippen LogP contribution in [0, 0.1) is 5.92 Å². The van der Waals surface area contributed by atoms with E-state index < -0.39 is 0 Å². The maximum absolute atomic E-state index is 12.2. The molecule has 3 aliphatic rings. The molecule has 3 rings (SSSR count). The lowest BCUT2D eigenvalue weighted by Gasteiger charge is -2.35. The molecule has 0 aromatic rings. The molecule has 0 aliphatic carbocycles. The van der Waals surface area contributed by atoms with E-state index in [4.69, 9.17) is 0 Å². The maximum Gasteiger partial charge on any atom is 0.324 e. The number of hydrogen-bond donors (Lipinski definition) is 2. The Balaban J connectivity index is 1.51. The summed E-state index contributed by atoms with van der Waals surface area (Å²) in [5.74, 6) is 0.603. The zero-order valence-corrected chi connectivity index (χ0v) is 11.9. The van der Waals surface area contributed by atoms with E-state index in [1.54, 1.807) is 0 Å². The predicted molar refractivity (Wildman–Crippen MR) is 75.3 cm³/mol. The van der Waals surface area contributed by atoms with E-state index in [1.807, 2.05) is 0 Å². The molecule has 0 saturated carbocycles. The van der Waals surface area contributed by atoms with E-state index in [0.717, 1.165) is 26.1 Å². The molecule has 0 aromatic carbocycles. The van der Waals surface area contributed by atoms with E-state index in [9.17, 15) is 9.59 Å². The molecule has 2 atom stereocenters. The fraction of sp³-hybridized carbons (Fsp3) is 0.857. The molecular formula is C14H24N4O2. The molecule has 3 aliphatic heterocycles. The molecule has 0 radical (unpaired) electrons. The van der Waals surface area contributed by atoms with E-state index >= 15 is 0 Å². The molecule has 6 heteroatoms. The topological polar surface area (TPSA) is 64.7 Å². The van der Waals surface area contributed by atoms with Gasteiger partial charge in [0.15, 0.2) is 0 Å². The zero-order valence-electron chi connectivity index (χ0n) is 11.9. The molecule has 0 spiro atoms. The van der Waals surface area contributed by atoms with Gasteiger partial charge in [-0.3, -0.25) is 14.6 Å².